The van der Waals surface area contributed by atoms with E-state index in [2.05, 4.69) is 24.1 Å². The molecule has 1 aromatic heterocycles. The quantitative estimate of drug-likeness (QED) is 0.556. The minimum Gasteiger partial charge on any atom is -0.493 e. The number of hydrogen-bond donors (Lipinski definition) is 0. The summed E-state index contributed by atoms with van der Waals surface area (Å²) < 4.78 is 13.7. The number of hydrogen-bond acceptors (Lipinski definition) is 3. The van der Waals surface area contributed by atoms with Gasteiger partial charge in [-0.25, -0.2) is 4.98 Å². The molecule has 0 amide bonds. The maximum atomic E-state index is 6.03. The first-order chi connectivity index (χ1) is 12.3. The molecule has 0 saturated heterocycles. The van der Waals surface area contributed by atoms with E-state index in [1.54, 1.807) is 7.11 Å². The summed E-state index contributed by atoms with van der Waals surface area (Å²) in [5.74, 6) is 2.39. The molecule has 130 valence electrons. The zero-order valence-corrected chi connectivity index (χ0v) is 14.9. The number of benzene rings is 2. The van der Waals surface area contributed by atoms with Crippen LogP contribution in [0.2, 0.25) is 0 Å². The fourth-order valence-corrected chi connectivity index (χ4v) is 2.98. The van der Waals surface area contributed by atoms with Gasteiger partial charge in [-0.3, -0.25) is 0 Å². The molecule has 3 aromatic rings. The van der Waals surface area contributed by atoms with Gasteiger partial charge < -0.3 is 14.0 Å². The van der Waals surface area contributed by atoms with Gasteiger partial charge in [0.05, 0.1) is 18.1 Å². The van der Waals surface area contributed by atoms with Crippen LogP contribution >= 0.6 is 0 Å². The molecule has 0 unspecified atom stereocenters. The van der Waals surface area contributed by atoms with Gasteiger partial charge in [-0.2, -0.15) is 0 Å². The summed E-state index contributed by atoms with van der Waals surface area (Å²) >= 11 is 0. The van der Waals surface area contributed by atoms with Gasteiger partial charge in [0, 0.05) is 6.54 Å². The molecular formula is C21H24N2O2. The maximum absolute atomic E-state index is 6.03. The number of aromatic nitrogens is 2. The van der Waals surface area contributed by atoms with Crippen molar-refractivity contribution in [2.45, 2.75) is 32.9 Å². The average Bonchev–Trinajstić information content (AvgIpc) is 2.99. The van der Waals surface area contributed by atoms with Crippen LogP contribution in [0, 0.1) is 0 Å². The predicted octanol–water partition coefficient (Wildman–Crippen LogP) is 4.76. The van der Waals surface area contributed by atoms with E-state index in [0.29, 0.717) is 6.61 Å². The Balaban J connectivity index is 1.85. The highest BCUT2D eigenvalue weighted by atomic mass is 16.5. The minimum absolute atomic E-state index is 0.409. The van der Waals surface area contributed by atoms with E-state index in [-0.39, 0.29) is 0 Å². The van der Waals surface area contributed by atoms with Crippen molar-refractivity contribution < 1.29 is 9.47 Å². The molecule has 0 aliphatic carbocycles. The summed E-state index contributed by atoms with van der Waals surface area (Å²) in [5.41, 5.74) is 3.30. The van der Waals surface area contributed by atoms with E-state index in [4.69, 9.17) is 14.5 Å². The van der Waals surface area contributed by atoms with E-state index in [1.165, 1.54) is 0 Å². The summed E-state index contributed by atoms with van der Waals surface area (Å²) in [6, 6.07) is 14.2. The topological polar surface area (TPSA) is 36.3 Å². The Bertz CT molecular complexity index is 867. The summed E-state index contributed by atoms with van der Waals surface area (Å²) in [7, 11) is 1.66. The zero-order valence-electron chi connectivity index (χ0n) is 14.9. The molecule has 0 saturated carbocycles. The fourth-order valence-electron chi connectivity index (χ4n) is 2.98. The fraction of sp³-hybridized carbons (Fsp3) is 0.286. The van der Waals surface area contributed by atoms with E-state index in [9.17, 15) is 0 Å². The smallest absolute Gasteiger partial charge is 0.161 e. The van der Waals surface area contributed by atoms with Crippen molar-refractivity contribution in [2.24, 2.45) is 0 Å². The first-order valence-corrected chi connectivity index (χ1v) is 8.61. The van der Waals surface area contributed by atoms with Crippen molar-refractivity contribution in [3.63, 3.8) is 0 Å². The number of rotatable bonds is 8. The molecular weight excluding hydrogens is 312 g/mol. The minimum atomic E-state index is 0.409. The third kappa shape index (κ3) is 3.68. The number of nitrogens with zero attached hydrogens (tertiary/aromatic N) is 2. The molecule has 0 bridgehead atoms. The molecule has 0 spiro atoms. The maximum Gasteiger partial charge on any atom is 0.161 e. The highest BCUT2D eigenvalue weighted by Gasteiger charge is 2.12. The van der Waals surface area contributed by atoms with Gasteiger partial charge in [0.1, 0.15) is 12.4 Å². The Morgan fingerprint density at radius 3 is 2.76 bits per heavy atom. The van der Waals surface area contributed by atoms with E-state index < -0.39 is 0 Å². The zero-order chi connectivity index (χ0) is 17.6. The Morgan fingerprint density at radius 1 is 1.16 bits per heavy atom. The summed E-state index contributed by atoms with van der Waals surface area (Å²) in [6.07, 6.45) is 3.73. The molecule has 1 heterocycles. The van der Waals surface area contributed by atoms with Crippen LogP contribution in [-0.2, 0) is 19.6 Å². The summed E-state index contributed by atoms with van der Waals surface area (Å²) in [4.78, 5) is 4.73. The molecule has 0 fully saturated rings. The van der Waals surface area contributed by atoms with Crippen molar-refractivity contribution in [1.82, 2.24) is 9.55 Å². The lowest BCUT2D eigenvalue weighted by molar-refractivity contribution is 0.271. The Morgan fingerprint density at radius 2 is 2.00 bits per heavy atom. The highest BCUT2D eigenvalue weighted by Crippen LogP contribution is 2.29. The molecule has 4 heteroatoms. The van der Waals surface area contributed by atoms with E-state index in [1.807, 2.05) is 42.5 Å². The van der Waals surface area contributed by atoms with E-state index in [0.717, 1.165) is 53.3 Å². The predicted molar refractivity (Wildman–Crippen MR) is 101 cm³/mol. The first-order valence-electron chi connectivity index (χ1n) is 8.61. The third-order valence-corrected chi connectivity index (χ3v) is 4.15. The number of methoxy groups -OCH3 is 1. The molecule has 4 nitrogen and oxygen atoms in total. The van der Waals surface area contributed by atoms with Crippen molar-refractivity contribution in [2.75, 3.05) is 7.11 Å². The third-order valence-electron chi connectivity index (χ3n) is 4.15. The Labute approximate surface area is 148 Å². The second kappa shape index (κ2) is 7.88. The van der Waals surface area contributed by atoms with Crippen LogP contribution < -0.4 is 9.47 Å². The number of allylic oxidation sites excluding steroid dienone is 1. The molecule has 0 radical (unpaired) electrons. The Kier molecular flexibility index (Phi) is 5.39. The molecule has 0 N–H and O–H groups in total. The highest BCUT2D eigenvalue weighted by molar-refractivity contribution is 5.75. The van der Waals surface area contributed by atoms with Gasteiger partial charge >= 0.3 is 0 Å². The molecule has 2 aromatic carbocycles. The van der Waals surface area contributed by atoms with Crippen LogP contribution in [0.4, 0.5) is 0 Å². The number of para-hydroxylation sites is 2. The van der Waals surface area contributed by atoms with Gasteiger partial charge in [-0.05, 0) is 42.7 Å². The monoisotopic (exact) mass is 336 g/mol. The molecule has 25 heavy (non-hydrogen) atoms. The Hall–Kier alpha value is -2.75. The number of fused-ring (bicyclic) bond motifs is 1. The average molecular weight is 336 g/mol. The van der Waals surface area contributed by atoms with Crippen LogP contribution in [0.3, 0.4) is 0 Å². The van der Waals surface area contributed by atoms with Crippen LogP contribution in [0.5, 0.6) is 11.5 Å². The largest absolute Gasteiger partial charge is 0.493 e. The van der Waals surface area contributed by atoms with Crippen molar-refractivity contribution in [3.8, 4) is 11.5 Å². The molecule has 0 atom stereocenters. The van der Waals surface area contributed by atoms with Crippen molar-refractivity contribution >= 4 is 11.0 Å². The lowest BCUT2D eigenvalue weighted by Gasteiger charge is -2.13. The molecule has 3 rings (SSSR count). The summed E-state index contributed by atoms with van der Waals surface area (Å²) in [6.45, 7) is 7.28. The van der Waals surface area contributed by atoms with Crippen LogP contribution in [0.1, 0.15) is 24.7 Å². The standard InChI is InChI=1S/C21H24N2O2/c1-4-8-16-11-12-19(20(14-16)24-3)25-15-21-22-17-9-6-7-10-18(17)23(21)13-5-2/h4,6-7,9-12,14H,1,5,8,13,15H2,2-3H3. The second-order valence-corrected chi connectivity index (χ2v) is 5.94. The van der Waals surface area contributed by atoms with E-state index >= 15 is 0 Å². The van der Waals surface area contributed by atoms with Crippen LogP contribution in [0.15, 0.2) is 55.1 Å². The SMILES string of the molecule is C=CCc1ccc(OCc2nc3ccccc3n2CCC)c(OC)c1. The number of imidazole rings is 1. The normalized spacial score (nSPS) is 10.8. The van der Waals surface area contributed by atoms with Gasteiger partial charge in [0.2, 0.25) is 0 Å². The number of aryl methyl sites for hydroxylation is 1. The lowest BCUT2D eigenvalue weighted by Crippen LogP contribution is -2.07. The first kappa shape index (κ1) is 17.1. The number of ether oxygens (including phenoxy) is 2. The van der Waals surface area contributed by atoms with Crippen LogP contribution in [-0.4, -0.2) is 16.7 Å². The van der Waals surface area contributed by atoms with Gasteiger partial charge in [-0.15, -0.1) is 6.58 Å². The lowest BCUT2D eigenvalue weighted by atomic mass is 10.1. The summed E-state index contributed by atoms with van der Waals surface area (Å²) in [5, 5.41) is 0. The van der Waals surface area contributed by atoms with Crippen LogP contribution in [0.25, 0.3) is 11.0 Å². The van der Waals surface area contributed by atoms with Gasteiger partial charge in [0.25, 0.3) is 0 Å². The molecule has 0 aliphatic heterocycles. The second-order valence-electron chi connectivity index (χ2n) is 5.94. The van der Waals surface area contributed by atoms with Crippen molar-refractivity contribution in [1.29, 1.82) is 0 Å². The molecule has 0 aliphatic rings. The van der Waals surface area contributed by atoms with Gasteiger partial charge in [-0.1, -0.05) is 31.2 Å². The van der Waals surface area contributed by atoms with Gasteiger partial charge in [0.15, 0.2) is 11.5 Å². The van der Waals surface area contributed by atoms with Crippen molar-refractivity contribution in [3.05, 3.63) is 66.5 Å².